The summed E-state index contributed by atoms with van der Waals surface area (Å²) in [4.78, 5) is 12.6. The van der Waals surface area contributed by atoms with Crippen molar-refractivity contribution in [3.05, 3.63) is 60.2 Å². The fraction of sp³-hybridized carbons (Fsp3) is 0.278. The van der Waals surface area contributed by atoms with Crippen molar-refractivity contribution < 1.29 is 17.9 Å². The first-order chi connectivity index (χ1) is 11.9. The van der Waals surface area contributed by atoms with Crippen LogP contribution in [0.5, 0.6) is 5.75 Å². The van der Waals surface area contributed by atoms with Gasteiger partial charge in [-0.2, -0.15) is 0 Å². The van der Waals surface area contributed by atoms with Gasteiger partial charge in [-0.3, -0.25) is 9.10 Å². The highest BCUT2D eigenvalue weighted by molar-refractivity contribution is 7.92. The highest BCUT2D eigenvalue weighted by atomic mass is 32.2. The molecule has 1 aliphatic rings. The van der Waals surface area contributed by atoms with E-state index in [1.54, 1.807) is 24.3 Å². The van der Waals surface area contributed by atoms with Gasteiger partial charge >= 0.3 is 0 Å². The third kappa shape index (κ3) is 3.76. The molecule has 1 heterocycles. The van der Waals surface area contributed by atoms with Crippen molar-refractivity contribution in [1.29, 1.82) is 0 Å². The van der Waals surface area contributed by atoms with E-state index in [9.17, 15) is 13.2 Å². The lowest BCUT2D eigenvalue weighted by atomic mass is 10.1. The third-order valence-corrected chi connectivity index (χ3v) is 5.23. The molecule has 0 saturated carbocycles. The van der Waals surface area contributed by atoms with E-state index < -0.39 is 16.1 Å². The molecule has 6 nitrogen and oxygen atoms in total. The van der Waals surface area contributed by atoms with E-state index in [1.165, 1.54) is 4.31 Å². The van der Waals surface area contributed by atoms with Crippen molar-refractivity contribution in [3.63, 3.8) is 0 Å². The first-order valence-corrected chi connectivity index (χ1v) is 9.80. The number of nitrogens with one attached hydrogen (secondary N) is 1. The molecule has 1 N–H and O–H groups in total. The summed E-state index contributed by atoms with van der Waals surface area (Å²) in [5.41, 5.74) is 1.41. The number of benzene rings is 2. The van der Waals surface area contributed by atoms with Gasteiger partial charge in [-0.05, 0) is 24.6 Å². The molecule has 2 aromatic carbocycles. The molecule has 3 rings (SSSR count). The molecule has 2 aromatic rings. The smallest absolute Gasteiger partial charge is 0.263 e. The van der Waals surface area contributed by atoms with E-state index in [-0.39, 0.29) is 18.5 Å². The van der Waals surface area contributed by atoms with Crippen LogP contribution < -0.4 is 14.4 Å². The lowest BCUT2D eigenvalue weighted by Gasteiger charge is -2.34. The van der Waals surface area contributed by atoms with Crippen LogP contribution in [0.2, 0.25) is 0 Å². The molecule has 2 unspecified atom stereocenters. The number of carbonyl (C=O) groups excluding carboxylic acids is 1. The largest absolute Gasteiger partial charge is 0.476 e. The summed E-state index contributed by atoms with van der Waals surface area (Å²) in [6.07, 6.45) is 0.215. The number of nitrogens with zero attached hydrogens (tertiary/aromatic N) is 1. The number of sulfonamides is 1. The third-order valence-electron chi connectivity index (χ3n) is 4.09. The first-order valence-electron chi connectivity index (χ1n) is 7.95. The molecular weight excluding hydrogens is 340 g/mol. The van der Waals surface area contributed by atoms with Crippen LogP contribution >= 0.6 is 0 Å². The van der Waals surface area contributed by atoms with E-state index in [1.807, 2.05) is 37.3 Å². The van der Waals surface area contributed by atoms with E-state index in [0.717, 1.165) is 11.8 Å². The summed E-state index contributed by atoms with van der Waals surface area (Å²) in [6, 6.07) is 16.1. The number of hydrogen-bond donors (Lipinski definition) is 1. The topological polar surface area (TPSA) is 75.7 Å². The maximum absolute atomic E-state index is 12.6. The van der Waals surface area contributed by atoms with Crippen molar-refractivity contribution in [2.24, 2.45) is 0 Å². The fourth-order valence-corrected chi connectivity index (χ4v) is 3.70. The molecule has 2 atom stereocenters. The number of anilines is 1. The van der Waals surface area contributed by atoms with Crippen molar-refractivity contribution in [3.8, 4) is 5.75 Å². The summed E-state index contributed by atoms with van der Waals surface area (Å²) in [5, 5.41) is 2.88. The Morgan fingerprint density at radius 3 is 2.48 bits per heavy atom. The van der Waals surface area contributed by atoms with Gasteiger partial charge in [0.15, 0.2) is 6.10 Å². The number of fused-ring (bicyclic) bond motifs is 1. The summed E-state index contributed by atoms with van der Waals surface area (Å²) >= 11 is 0. The zero-order chi connectivity index (χ0) is 18.0. The van der Waals surface area contributed by atoms with Crippen LogP contribution in [0.3, 0.4) is 0 Å². The van der Waals surface area contributed by atoms with Gasteiger partial charge < -0.3 is 10.1 Å². The Morgan fingerprint density at radius 2 is 1.80 bits per heavy atom. The first kappa shape index (κ1) is 17.3. The second-order valence-corrected chi connectivity index (χ2v) is 7.92. The van der Waals surface area contributed by atoms with Gasteiger partial charge in [0.05, 0.1) is 24.5 Å². The Balaban J connectivity index is 1.80. The second-order valence-electron chi connectivity index (χ2n) is 6.01. The Morgan fingerprint density at radius 1 is 1.16 bits per heavy atom. The van der Waals surface area contributed by atoms with Crippen LogP contribution in [-0.4, -0.2) is 33.2 Å². The van der Waals surface area contributed by atoms with Crippen molar-refractivity contribution >= 4 is 21.6 Å². The number of hydrogen-bond acceptors (Lipinski definition) is 4. The number of rotatable bonds is 4. The Labute approximate surface area is 147 Å². The molecule has 0 bridgehead atoms. The van der Waals surface area contributed by atoms with Crippen LogP contribution in [0.4, 0.5) is 5.69 Å². The number of ether oxygens (including phenoxy) is 1. The molecule has 0 saturated heterocycles. The molecule has 25 heavy (non-hydrogen) atoms. The maximum Gasteiger partial charge on any atom is 0.263 e. The van der Waals surface area contributed by atoms with Gasteiger partial charge in [0, 0.05) is 0 Å². The number of para-hydroxylation sites is 2. The van der Waals surface area contributed by atoms with Crippen molar-refractivity contribution in [2.75, 3.05) is 17.1 Å². The number of carbonyl (C=O) groups is 1. The maximum atomic E-state index is 12.6. The molecule has 0 aliphatic carbocycles. The molecule has 0 radical (unpaired) electrons. The number of amides is 1. The van der Waals surface area contributed by atoms with Crippen LogP contribution in [0.25, 0.3) is 0 Å². The summed E-state index contributed by atoms with van der Waals surface area (Å²) in [5.74, 6) is 0.0335. The van der Waals surface area contributed by atoms with Crippen LogP contribution in [-0.2, 0) is 14.8 Å². The molecule has 1 amide bonds. The summed E-state index contributed by atoms with van der Waals surface area (Å²) in [7, 11) is -3.51. The summed E-state index contributed by atoms with van der Waals surface area (Å²) in [6.45, 7) is 1.82. The molecule has 0 fully saturated rings. The van der Waals surface area contributed by atoms with Gasteiger partial charge in [-0.15, -0.1) is 0 Å². The van der Waals surface area contributed by atoms with Gasteiger partial charge in [0.2, 0.25) is 10.0 Å². The molecule has 7 heteroatoms. The average molecular weight is 360 g/mol. The van der Waals surface area contributed by atoms with E-state index >= 15 is 0 Å². The van der Waals surface area contributed by atoms with Gasteiger partial charge in [0.25, 0.3) is 5.91 Å². The zero-order valence-corrected chi connectivity index (χ0v) is 14.9. The summed E-state index contributed by atoms with van der Waals surface area (Å²) < 4.78 is 31.1. The lowest BCUT2D eigenvalue weighted by Crippen LogP contribution is -2.50. The van der Waals surface area contributed by atoms with Gasteiger partial charge in [-0.25, -0.2) is 8.42 Å². The van der Waals surface area contributed by atoms with Crippen LogP contribution in [0, 0.1) is 0 Å². The van der Waals surface area contributed by atoms with E-state index in [2.05, 4.69) is 5.32 Å². The second kappa shape index (κ2) is 6.76. The molecule has 0 aromatic heterocycles. The molecule has 1 aliphatic heterocycles. The predicted octanol–water partition coefficient (Wildman–Crippen LogP) is 2.09. The zero-order valence-electron chi connectivity index (χ0n) is 14.0. The normalized spacial score (nSPS) is 18.0. The highest BCUT2D eigenvalue weighted by Crippen LogP contribution is 2.34. The molecular formula is C18H20N2O4S. The van der Waals surface area contributed by atoms with Gasteiger partial charge in [-0.1, -0.05) is 42.5 Å². The minimum Gasteiger partial charge on any atom is -0.476 e. The minimum atomic E-state index is -3.51. The quantitative estimate of drug-likeness (QED) is 0.906. The van der Waals surface area contributed by atoms with Gasteiger partial charge in [0.1, 0.15) is 5.75 Å². The Kier molecular flexibility index (Phi) is 4.67. The van der Waals surface area contributed by atoms with Crippen molar-refractivity contribution in [2.45, 2.75) is 19.1 Å². The highest BCUT2D eigenvalue weighted by Gasteiger charge is 2.35. The average Bonchev–Trinajstić information content (AvgIpc) is 2.60. The monoisotopic (exact) mass is 360 g/mol. The lowest BCUT2D eigenvalue weighted by molar-refractivity contribution is -0.128. The molecule has 0 spiro atoms. The van der Waals surface area contributed by atoms with E-state index in [4.69, 9.17) is 4.74 Å². The van der Waals surface area contributed by atoms with Crippen LogP contribution in [0.15, 0.2) is 54.6 Å². The molecule has 132 valence electrons. The van der Waals surface area contributed by atoms with Crippen LogP contribution in [0.1, 0.15) is 18.5 Å². The SMILES string of the molecule is CC(NC(=O)C1CN(S(C)(=O)=O)c2ccccc2O1)c1ccccc1. The van der Waals surface area contributed by atoms with Crippen molar-refractivity contribution in [1.82, 2.24) is 5.32 Å². The fourth-order valence-electron chi connectivity index (χ4n) is 2.78. The Hall–Kier alpha value is -2.54. The van der Waals surface area contributed by atoms with E-state index in [0.29, 0.717) is 11.4 Å². The predicted molar refractivity (Wildman–Crippen MR) is 96.0 cm³/mol. The Bertz CT molecular complexity index is 868. The minimum absolute atomic E-state index is 0.0524. The standard InChI is InChI=1S/C18H20N2O4S/c1-13(14-8-4-3-5-9-14)19-18(21)17-12-20(25(2,22)23)15-10-6-7-11-16(15)24-17/h3-11,13,17H,12H2,1-2H3,(H,19,21).